The Bertz CT molecular complexity index is 498. The Balaban J connectivity index is 3.00. The second kappa shape index (κ2) is 7.75. The zero-order valence-corrected chi connectivity index (χ0v) is 13.6. The van der Waals surface area contributed by atoms with Crippen molar-refractivity contribution in [2.75, 3.05) is 13.1 Å². The van der Waals surface area contributed by atoms with Crippen LogP contribution in [0.3, 0.4) is 0 Å². The third kappa shape index (κ3) is 3.80. The molecule has 0 saturated heterocycles. The summed E-state index contributed by atoms with van der Waals surface area (Å²) in [5.74, 6) is 0. The molecule has 1 aromatic heterocycles. The minimum Gasteiger partial charge on any atom is -0.313 e. The van der Waals surface area contributed by atoms with Crippen molar-refractivity contribution in [3.05, 3.63) is 11.8 Å². The number of nitrogens with one attached hydrogen (secondary N) is 2. The molecule has 1 rings (SSSR count). The second-order valence-electron chi connectivity index (χ2n) is 4.87. The van der Waals surface area contributed by atoms with Gasteiger partial charge >= 0.3 is 0 Å². The number of aromatic nitrogens is 2. The molecule has 1 aromatic rings. The maximum Gasteiger partial charge on any atom is 0.260 e. The lowest BCUT2D eigenvalue weighted by atomic mass is 10.3. The summed E-state index contributed by atoms with van der Waals surface area (Å²) >= 11 is 0. The van der Waals surface area contributed by atoms with Crippen molar-refractivity contribution >= 4 is 10.0 Å². The lowest BCUT2D eigenvalue weighted by molar-refractivity contribution is 0.341. The number of hydrogen-bond acceptors (Lipinski definition) is 4. The third-order valence-electron chi connectivity index (χ3n) is 3.38. The summed E-state index contributed by atoms with van der Waals surface area (Å²) in [5, 5.41) is 9.96. The van der Waals surface area contributed by atoms with Gasteiger partial charge in [-0.15, -0.1) is 0 Å². The van der Waals surface area contributed by atoms with Crippen LogP contribution in [0, 0.1) is 0 Å². The number of sulfonamides is 1. The number of aromatic amines is 1. The molecule has 0 aromatic carbocycles. The molecule has 0 fully saturated rings. The van der Waals surface area contributed by atoms with E-state index >= 15 is 0 Å². The average Bonchev–Trinajstić information content (AvgIpc) is 2.88. The maximum atomic E-state index is 12.7. The molecule has 0 bridgehead atoms. The Morgan fingerprint density at radius 1 is 1.40 bits per heavy atom. The number of H-pyrrole nitrogens is 1. The van der Waals surface area contributed by atoms with Gasteiger partial charge in [0.05, 0.1) is 6.20 Å². The smallest absolute Gasteiger partial charge is 0.260 e. The summed E-state index contributed by atoms with van der Waals surface area (Å²) in [6, 6.07) is -0.0234. The molecule has 116 valence electrons. The summed E-state index contributed by atoms with van der Waals surface area (Å²) in [6.07, 6.45) is 3.37. The van der Waals surface area contributed by atoms with Crippen molar-refractivity contribution in [1.82, 2.24) is 19.8 Å². The first kappa shape index (κ1) is 17.1. The molecular weight excluding hydrogens is 276 g/mol. The molecule has 2 N–H and O–H groups in total. The number of hydrogen-bond donors (Lipinski definition) is 2. The molecule has 0 saturated carbocycles. The first-order valence-corrected chi connectivity index (χ1v) is 8.67. The summed E-state index contributed by atoms with van der Waals surface area (Å²) in [7, 11) is -3.51. The quantitative estimate of drug-likeness (QED) is 0.681. The molecule has 1 heterocycles. The molecule has 20 heavy (non-hydrogen) atoms. The Kier molecular flexibility index (Phi) is 6.64. The van der Waals surface area contributed by atoms with Gasteiger partial charge < -0.3 is 5.32 Å². The van der Waals surface area contributed by atoms with Gasteiger partial charge in [-0.25, -0.2) is 8.42 Å². The Hall–Kier alpha value is -0.920. The fraction of sp³-hybridized carbons (Fsp3) is 0.769. The van der Waals surface area contributed by atoms with Crippen LogP contribution in [0.5, 0.6) is 0 Å². The van der Waals surface area contributed by atoms with Crippen molar-refractivity contribution in [3.8, 4) is 0 Å². The van der Waals surface area contributed by atoms with Gasteiger partial charge in [0.15, 0.2) is 5.03 Å². The van der Waals surface area contributed by atoms with Crippen LogP contribution in [0.2, 0.25) is 0 Å². The van der Waals surface area contributed by atoms with Crippen molar-refractivity contribution in [2.45, 2.75) is 58.1 Å². The van der Waals surface area contributed by atoms with Crippen molar-refractivity contribution in [3.63, 3.8) is 0 Å². The molecule has 0 aliphatic carbocycles. The molecule has 0 amide bonds. The van der Waals surface area contributed by atoms with E-state index in [2.05, 4.69) is 22.4 Å². The molecule has 0 aliphatic rings. The van der Waals surface area contributed by atoms with Crippen LogP contribution in [0.25, 0.3) is 0 Å². The van der Waals surface area contributed by atoms with Gasteiger partial charge in [-0.1, -0.05) is 20.8 Å². The summed E-state index contributed by atoms with van der Waals surface area (Å²) < 4.78 is 26.9. The minimum atomic E-state index is -3.51. The number of rotatable bonds is 9. The maximum absolute atomic E-state index is 12.7. The van der Waals surface area contributed by atoms with Gasteiger partial charge in [0, 0.05) is 24.7 Å². The largest absolute Gasteiger partial charge is 0.313 e. The Labute approximate surface area is 122 Å². The SMILES string of the molecule is CCCNCc1cn[nH]c1S(=O)(=O)N(CC)C(C)CC. The van der Waals surface area contributed by atoms with E-state index in [0.717, 1.165) is 19.4 Å². The average molecular weight is 302 g/mol. The Morgan fingerprint density at radius 2 is 2.10 bits per heavy atom. The predicted octanol–water partition coefficient (Wildman–Crippen LogP) is 1.72. The van der Waals surface area contributed by atoms with Crippen LogP contribution >= 0.6 is 0 Å². The lowest BCUT2D eigenvalue weighted by Gasteiger charge is -2.26. The fourth-order valence-electron chi connectivity index (χ4n) is 2.09. The molecule has 1 atom stereocenters. The summed E-state index contributed by atoms with van der Waals surface area (Å²) in [5.41, 5.74) is 0.695. The van der Waals surface area contributed by atoms with Gasteiger partial charge in [-0.3, -0.25) is 5.10 Å². The van der Waals surface area contributed by atoms with E-state index in [1.807, 2.05) is 20.8 Å². The van der Waals surface area contributed by atoms with Crippen molar-refractivity contribution in [2.24, 2.45) is 0 Å². The molecule has 0 radical (unpaired) electrons. The van der Waals surface area contributed by atoms with Crippen LogP contribution in [0.15, 0.2) is 11.2 Å². The van der Waals surface area contributed by atoms with Crippen LogP contribution in [0.1, 0.15) is 46.1 Å². The van der Waals surface area contributed by atoms with Gasteiger partial charge in [0.2, 0.25) is 0 Å². The molecule has 1 unspecified atom stereocenters. The van der Waals surface area contributed by atoms with E-state index < -0.39 is 10.0 Å². The standard InChI is InChI=1S/C13H26N4O2S/c1-5-8-14-9-12-10-15-16-13(12)20(18,19)17(7-3)11(4)6-2/h10-11,14H,5-9H2,1-4H3,(H,15,16). The van der Waals surface area contributed by atoms with E-state index in [0.29, 0.717) is 18.7 Å². The topological polar surface area (TPSA) is 78.1 Å². The van der Waals surface area contributed by atoms with Crippen LogP contribution < -0.4 is 5.32 Å². The highest BCUT2D eigenvalue weighted by atomic mass is 32.2. The second-order valence-corrected chi connectivity index (χ2v) is 6.69. The molecule has 6 nitrogen and oxygen atoms in total. The van der Waals surface area contributed by atoms with Crippen molar-refractivity contribution < 1.29 is 8.42 Å². The summed E-state index contributed by atoms with van der Waals surface area (Å²) in [6.45, 7) is 9.66. The zero-order chi connectivity index (χ0) is 15.2. The fourth-order valence-corrected chi connectivity index (χ4v) is 3.91. The van der Waals surface area contributed by atoms with E-state index in [4.69, 9.17) is 0 Å². The van der Waals surface area contributed by atoms with Crippen molar-refractivity contribution in [1.29, 1.82) is 0 Å². The van der Waals surface area contributed by atoms with Gasteiger partial charge in [-0.05, 0) is 26.3 Å². The van der Waals surface area contributed by atoms with E-state index in [1.54, 1.807) is 6.20 Å². The number of nitrogens with zero attached hydrogens (tertiary/aromatic N) is 2. The Morgan fingerprint density at radius 3 is 2.65 bits per heavy atom. The highest BCUT2D eigenvalue weighted by molar-refractivity contribution is 7.89. The minimum absolute atomic E-state index is 0.0234. The first-order valence-electron chi connectivity index (χ1n) is 7.23. The normalized spacial score (nSPS) is 13.8. The highest BCUT2D eigenvalue weighted by Gasteiger charge is 2.30. The summed E-state index contributed by atoms with van der Waals surface area (Å²) in [4.78, 5) is 0. The molecule has 0 aliphatic heterocycles. The predicted molar refractivity (Wildman–Crippen MR) is 79.9 cm³/mol. The lowest BCUT2D eigenvalue weighted by Crippen LogP contribution is -2.38. The van der Waals surface area contributed by atoms with Crippen LogP contribution in [-0.2, 0) is 16.6 Å². The van der Waals surface area contributed by atoms with Gasteiger partial charge in [0.25, 0.3) is 10.0 Å². The highest BCUT2D eigenvalue weighted by Crippen LogP contribution is 2.20. The van der Waals surface area contributed by atoms with E-state index in [9.17, 15) is 8.42 Å². The van der Waals surface area contributed by atoms with Gasteiger partial charge in [-0.2, -0.15) is 9.40 Å². The van der Waals surface area contributed by atoms with Gasteiger partial charge in [0.1, 0.15) is 0 Å². The first-order chi connectivity index (χ1) is 9.48. The van der Waals surface area contributed by atoms with E-state index in [-0.39, 0.29) is 11.1 Å². The third-order valence-corrected chi connectivity index (χ3v) is 5.49. The van der Waals surface area contributed by atoms with Crippen LogP contribution in [-0.4, -0.2) is 42.1 Å². The molecule has 0 spiro atoms. The monoisotopic (exact) mass is 302 g/mol. The zero-order valence-electron chi connectivity index (χ0n) is 12.8. The molecule has 7 heteroatoms. The molecular formula is C13H26N4O2S. The van der Waals surface area contributed by atoms with Crippen LogP contribution in [0.4, 0.5) is 0 Å². The van der Waals surface area contributed by atoms with E-state index in [1.165, 1.54) is 4.31 Å².